The van der Waals surface area contributed by atoms with Crippen molar-refractivity contribution in [3.8, 4) is 17.2 Å². The molecule has 0 fully saturated rings. The van der Waals surface area contributed by atoms with Crippen LogP contribution in [-0.2, 0) is 12.8 Å². The highest BCUT2D eigenvalue weighted by atomic mass is 16.5. The van der Waals surface area contributed by atoms with E-state index in [-0.39, 0.29) is 5.75 Å². The molecule has 0 aromatic heterocycles. The van der Waals surface area contributed by atoms with Crippen molar-refractivity contribution in [2.24, 2.45) is 0 Å². The van der Waals surface area contributed by atoms with Crippen molar-refractivity contribution in [2.75, 3.05) is 0 Å². The fourth-order valence-corrected chi connectivity index (χ4v) is 4.77. The molecular weight excluding hydrogens is 416 g/mol. The van der Waals surface area contributed by atoms with Crippen LogP contribution in [0.4, 0.5) is 0 Å². The number of phenolic OH excluding ortho intramolecular Hbond substituents is 1. The predicted octanol–water partition coefficient (Wildman–Crippen LogP) is 10.6. The first kappa shape index (κ1) is 28.3. The number of aryl methyl sites for hydroxylation is 1. The van der Waals surface area contributed by atoms with Crippen molar-refractivity contribution in [1.29, 1.82) is 0 Å². The highest BCUT2D eigenvalue weighted by molar-refractivity contribution is 5.46. The quantitative estimate of drug-likeness (QED) is 0.197. The second-order valence-corrected chi connectivity index (χ2v) is 9.91. The highest BCUT2D eigenvalue weighted by Gasteiger charge is 2.12. The van der Waals surface area contributed by atoms with Gasteiger partial charge in [-0.15, -0.1) is 0 Å². The van der Waals surface area contributed by atoms with Crippen molar-refractivity contribution in [1.82, 2.24) is 0 Å². The third-order valence-corrected chi connectivity index (χ3v) is 6.90. The van der Waals surface area contributed by atoms with E-state index in [0.717, 1.165) is 18.6 Å². The number of unbranched alkanes of at least 4 members (excludes halogenated alkanes) is 14. The standard InChI is InChI=1S/C32H50O2/c1-3-5-7-9-11-13-15-17-22-28-23-21-27-31(34-32-26-20-19-25-30(32)33)29(28)24-18-16-14-12-10-8-6-4-2/h19-21,23,25-27,33H,3-18,22,24H2,1-2H3. The van der Waals surface area contributed by atoms with E-state index in [1.54, 1.807) is 6.07 Å². The first-order chi connectivity index (χ1) is 16.8. The van der Waals surface area contributed by atoms with Crippen LogP contribution < -0.4 is 4.74 Å². The fraction of sp³-hybridized carbons (Fsp3) is 0.625. The van der Waals surface area contributed by atoms with Gasteiger partial charge in [-0.3, -0.25) is 0 Å². The molecule has 0 bridgehead atoms. The minimum Gasteiger partial charge on any atom is -0.504 e. The zero-order valence-electron chi connectivity index (χ0n) is 22.1. The van der Waals surface area contributed by atoms with Crippen LogP contribution in [0.15, 0.2) is 42.5 Å². The number of hydrogen-bond acceptors (Lipinski definition) is 2. The molecule has 190 valence electrons. The summed E-state index contributed by atoms with van der Waals surface area (Å²) in [6.07, 6.45) is 23.6. The van der Waals surface area contributed by atoms with Crippen molar-refractivity contribution in [2.45, 2.75) is 129 Å². The van der Waals surface area contributed by atoms with Crippen molar-refractivity contribution >= 4 is 0 Å². The lowest BCUT2D eigenvalue weighted by Crippen LogP contribution is -2.00. The fourth-order valence-electron chi connectivity index (χ4n) is 4.77. The van der Waals surface area contributed by atoms with Gasteiger partial charge in [-0.05, 0) is 55.0 Å². The maximum absolute atomic E-state index is 10.2. The zero-order valence-corrected chi connectivity index (χ0v) is 22.1. The molecule has 0 heterocycles. The van der Waals surface area contributed by atoms with Gasteiger partial charge in [0, 0.05) is 0 Å². The van der Waals surface area contributed by atoms with Crippen molar-refractivity contribution in [3.63, 3.8) is 0 Å². The summed E-state index contributed by atoms with van der Waals surface area (Å²) < 4.78 is 6.24. The number of benzene rings is 2. The van der Waals surface area contributed by atoms with E-state index in [4.69, 9.17) is 4.74 Å². The van der Waals surface area contributed by atoms with Gasteiger partial charge in [0.2, 0.25) is 0 Å². The molecular formula is C32H50O2. The van der Waals surface area contributed by atoms with Gasteiger partial charge in [0.1, 0.15) is 5.75 Å². The lowest BCUT2D eigenvalue weighted by atomic mass is 9.95. The molecule has 0 amide bonds. The Labute approximate surface area is 210 Å². The average molecular weight is 467 g/mol. The molecule has 2 rings (SSSR count). The molecule has 0 aliphatic rings. The Morgan fingerprint density at radius 2 is 1.03 bits per heavy atom. The van der Waals surface area contributed by atoms with Crippen LogP contribution >= 0.6 is 0 Å². The normalized spacial score (nSPS) is 11.1. The van der Waals surface area contributed by atoms with Crippen molar-refractivity contribution in [3.05, 3.63) is 53.6 Å². The largest absolute Gasteiger partial charge is 0.504 e. The minimum absolute atomic E-state index is 0.203. The van der Waals surface area contributed by atoms with Gasteiger partial charge in [0.05, 0.1) is 0 Å². The summed E-state index contributed by atoms with van der Waals surface area (Å²) in [5, 5.41) is 10.2. The van der Waals surface area contributed by atoms with Crippen molar-refractivity contribution < 1.29 is 9.84 Å². The van der Waals surface area contributed by atoms with Crippen LogP contribution in [0.5, 0.6) is 17.2 Å². The van der Waals surface area contributed by atoms with Gasteiger partial charge < -0.3 is 9.84 Å². The molecule has 0 spiro atoms. The van der Waals surface area contributed by atoms with Gasteiger partial charge >= 0.3 is 0 Å². The molecule has 2 aromatic carbocycles. The smallest absolute Gasteiger partial charge is 0.169 e. The second kappa shape index (κ2) is 18.4. The molecule has 0 radical (unpaired) electrons. The van der Waals surface area contributed by atoms with Gasteiger partial charge in [-0.1, -0.05) is 128 Å². The van der Waals surface area contributed by atoms with Crippen LogP contribution in [-0.4, -0.2) is 5.11 Å². The number of ether oxygens (including phenoxy) is 1. The minimum atomic E-state index is 0.203. The molecule has 0 saturated heterocycles. The summed E-state index contributed by atoms with van der Waals surface area (Å²) >= 11 is 0. The summed E-state index contributed by atoms with van der Waals surface area (Å²) in [6, 6.07) is 13.8. The first-order valence-corrected chi connectivity index (χ1v) is 14.3. The molecule has 2 aromatic rings. The number of para-hydroxylation sites is 2. The molecule has 2 nitrogen and oxygen atoms in total. The summed E-state index contributed by atoms with van der Waals surface area (Å²) in [5.41, 5.74) is 2.78. The van der Waals surface area contributed by atoms with Gasteiger partial charge in [0.15, 0.2) is 11.5 Å². The van der Waals surface area contributed by atoms with Crippen LogP contribution in [0.3, 0.4) is 0 Å². The Morgan fingerprint density at radius 1 is 0.529 bits per heavy atom. The van der Waals surface area contributed by atoms with E-state index >= 15 is 0 Å². The Hall–Kier alpha value is -1.96. The molecule has 0 unspecified atom stereocenters. The van der Waals surface area contributed by atoms with E-state index in [1.807, 2.05) is 18.2 Å². The predicted molar refractivity (Wildman–Crippen MR) is 147 cm³/mol. The Balaban J connectivity index is 1.91. The maximum atomic E-state index is 10.2. The van der Waals surface area contributed by atoms with E-state index in [9.17, 15) is 5.11 Å². The first-order valence-electron chi connectivity index (χ1n) is 14.3. The highest BCUT2D eigenvalue weighted by Crippen LogP contribution is 2.34. The summed E-state index contributed by atoms with van der Waals surface area (Å²) in [6.45, 7) is 4.56. The molecule has 34 heavy (non-hydrogen) atoms. The zero-order chi connectivity index (χ0) is 24.3. The summed E-state index contributed by atoms with van der Waals surface area (Å²) in [7, 11) is 0. The SMILES string of the molecule is CCCCCCCCCCc1cccc(Oc2ccccc2O)c1CCCCCCCCCC. The van der Waals surface area contributed by atoms with Crippen LogP contribution in [0, 0.1) is 0 Å². The third kappa shape index (κ3) is 11.4. The van der Waals surface area contributed by atoms with E-state index < -0.39 is 0 Å². The van der Waals surface area contributed by atoms with E-state index in [0.29, 0.717) is 5.75 Å². The molecule has 0 saturated carbocycles. The number of aromatic hydroxyl groups is 1. The van der Waals surface area contributed by atoms with Crippen LogP contribution in [0.25, 0.3) is 0 Å². The molecule has 0 atom stereocenters. The Morgan fingerprint density at radius 3 is 1.62 bits per heavy atom. The number of phenols is 1. The van der Waals surface area contributed by atoms with Gasteiger partial charge in [-0.25, -0.2) is 0 Å². The number of rotatable bonds is 20. The lowest BCUT2D eigenvalue weighted by molar-refractivity contribution is 0.408. The molecule has 1 N–H and O–H groups in total. The maximum Gasteiger partial charge on any atom is 0.169 e. The van der Waals surface area contributed by atoms with Gasteiger partial charge in [0.25, 0.3) is 0 Å². The van der Waals surface area contributed by atoms with Gasteiger partial charge in [-0.2, -0.15) is 0 Å². The molecule has 2 heteroatoms. The third-order valence-electron chi connectivity index (χ3n) is 6.90. The second-order valence-electron chi connectivity index (χ2n) is 9.91. The lowest BCUT2D eigenvalue weighted by Gasteiger charge is -2.16. The topological polar surface area (TPSA) is 29.5 Å². The van der Waals surface area contributed by atoms with Crippen LogP contribution in [0.2, 0.25) is 0 Å². The van der Waals surface area contributed by atoms with E-state index in [1.165, 1.54) is 114 Å². The molecule has 0 aliphatic carbocycles. The Bertz CT molecular complexity index is 767. The average Bonchev–Trinajstić information content (AvgIpc) is 2.85. The monoisotopic (exact) mass is 466 g/mol. The van der Waals surface area contributed by atoms with E-state index in [2.05, 4.69) is 32.0 Å². The number of hydrogen-bond donors (Lipinski definition) is 1. The molecule has 0 aliphatic heterocycles. The van der Waals surface area contributed by atoms with Crippen LogP contribution in [0.1, 0.15) is 128 Å². The Kier molecular flexibility index (Phi) is 15.3. The summed E-state index contributed by atoms with van der Waals surface area (Å²) in [4.78, 5) is 0. The summed E-state index contributed by atoms with van der Waals surface area (Å²) in [5.74, 6) is 1.67.